The van der Waals surface area contributed by atoms with E-state index in [4.69, 9.17) is 25.8 Å². The summed E-state index contributed by atoms with van der Waals surface area (Å²) < 4.78 is 18.8. The number of halogens is 1. The summed E-state index contributed by atoms with van der Waals surface area (Å²) in [5, 5.41) is 20.7. The molecule has 3 heterocycles. The molecule has 0 aliphatic carbocycles. The largest absolute Gasteiger partial charge is 0.494 e. The number of carbonyl (C=O) groups is 2. The molecule has 1 aromatic carbocycles. The number of ether oxygens (including phenoxy) is 3. The molecule has 4 aromatic rings. The summed E-state index contributed by atoms with van der Waals surface area (Å²) in [6, 6.07) is 10.7. The molecule has 2 amide bonds. The molecule has 0 atom stereocenters. The van der Waals surface area contributed by atoms with Crippen LogP contribution in [0.4, 0.5) is 22.0 Å². The molecule has 0 radical (unpaired) electrons. The minimum Gasteiger partial charge on any atom is -0.494 e. The second kappa shape index (κ2) is 14.1. The van der Waals surface area contributed by atoms with Crippen LogP contribution in [0.2, 0.25) is 5.15 Å². The van der Waals surface area contributed by atoms with Crippen LogP contribution >= 0.6 is 11.6 Å². The number of rotatable bonds is 11. The lowest BCUT2D eigenvalue weighted by atomic mass is 10.0. The minimum atomic E-state index is -0.618. The van der Waals surface area contributed by atoms with E-state index >= 15 is 0 Å². The van der Waals surface area contributed by atoms with Gasteiger partial charge >= 0.3 is 6.09 Å². The molecule has 0 spiro atoms. The standard InChI is InChI=1S/C30H35ClN8O5/c1-30(2,3)44-29(41)36-25-9-7-8-20(34-25)17-43-11-10-18-12-21(19-15-33-39(5)16-19)27(42-6)23(13-18)35-22-14-24(31)37-38-26(22)28(40)32-4/h7-9,12-16H,10-11,17H2,1-6H3,(H,32,40)(H,35,37)(H,34,36,41). The summed E-state index contributed by atoms with van der Waals surface area (Å²) in [5.41, 5.74) is 3.61. The second-order valence-electron chi connectivity index (χ2n) is 10.7. The first-order chi connectivity index (χ1) is 21.0. The second-order valence-corrected chi connectivity index (χ2v) is 11.1. The summed E-state index contributed by atoms with van der Waals surface area (Å²) in [6.07, 6.45) is 3.59. The average Bonchev–Trinajstić information content (AvgIpc) is 3.40. The van der Waals surface area contributed by atoms with Crippen LogP contribution in [0, 0.1) is 0 Å². The smallest absolute Gasteiger partial charge is 0.413 e. The Bertz CT molecular complexity index is 1640. The van der Waals surface area contributed by atoms with Gasteiger partial charge in [-0.3, -0.25) is 14.8 Å². The number of aromatic nitrogens is 5. The fourth-order valence-corrected chi connectivity index (χ4v) is 4.37. The van der Waals surface area contributed by atoms with Crippen molar-refractivity contribution >= 4 is 40.8 Å². The first-order valence-electron chi connectivity index (χ1n) is 13.7. The van der Waals surface area contributed by atoms with Gasteiger partial charge in [0, 0.05) is 37.5 Å². The third-order valence-electron chi connectivity index (χ3n) is 6.07. The number of methoxy groups -OCH3 is 1. The van der Waals surface area contributed by atoms with Crippen LogP contribution < -0.4 is 20.7 Å². The van der Waals surface area contributed by atoms with Crippen molar-refractivity contribution < 1.29 is 23.8 Å². The lowest BCUT2D eigenvalue weighted by Crippen LogP contribution is -2.27. The van der Waals surface area contributed by atoms with E-state index in [1.165, 1.54) is 13.1 Å². The van der Waals surface area contributed by atoms with Crippen molar-refractivity contribution in [2.45, 2.75) is 39.4 Å². The van der Waals surface area contributed by atoms with Crippen molar-refractivity contribution in [2.24, 2.45) is 7.05 Å². The van der Waals surface area contributed by atoms with Gasteiger partial charge in [0.2, 0.25) is 0 Å². The Morgan fingerprint density at radius 2 is 1.89 bits per heavy atom. The van der Waals surface area contributed by atoms with Crippen molar-refractivity contribution in [1.82, 2.24) is 30.3 Å². The average molecular weight is 623 g/mol. The fraction of sp³-hybridized carbons (Fsp3) is 0.333. The van der Waals surface area contributed by atoms with Gasteiger partial charge in [-0.25, -0.2) is 9.78 Å². The van der Waals surface area contributed by atoms with E-state index in [9.17, 15) is 9.59 Å². The van der Waals surface area contributed by atoms with Crippen molar-refractivity contribution in [1.29, 1.82) is 0 Å². The van der Waals surface area contributed by atoms with Crippen molar-refractivity contribution in [2.75, 3.05) is 31.4 Å². The number of amides is 2. The maximum Gasteiger partial charge on any atom is 0.413 e. The van der Waals surface area contributed by atoms with E-state index in [-0.39, 0.29) is 17.5 Å². The molecule has 4 rings (SSSR count). The molecule has 44 heavy (non-hydrogen) atoms. The van der Waals surface area contributed by atoms with Crippen LogP contribution in [-0.4, -0.2) is 63.3 Å². The molecule has 0 fully saturated rings. The Morgan fingerprint density at radius 1 is 1.09 bits per heavy atom. The normalized spacial score (nSPS) is 11.2. The molecule has 13 nitrogen and oxygen atoms in total. The van der Waals surface area contributed by atoms with Crippen molar-refractivity contribution in [3.63, 3.8) is 0 Å². The summed E-state index contributed by atoms with van der Waals surface area (Å²) in [4.78, 5) is 29.0. The Hall–Kier alpha value is -4.75. The number of hydrogen-bond donors (Lipinski definition) is 3. The van der Waals surface area contributed by atoms with Gasteiger partial charge in [-0.2, -0.15) is 5.10 Å². The Labute approximate surface area is 260 Å². The van der Waals surface area contributed by atoms with Crippen LogP contribution in [0.15, 0.2) is 48.8 Å². The van der Waals surface area contributed by atoms with Crippen LogP contribution in [-0.2, 0) is 29.5 Å². The van der Waals surface area contributed by atoms with Crippen LogP contribution in [0.3, 0.4) is 0 Å². The van der Waals surface area contributed by atoms with Gasteiger partial charge in [-0.15, -0.1) is 10.2 Å². The number of benzene rings is 1. The van der Waals surface area contributed by atoms with Gasteiger partial charge in [0.25, 0.3) is 5.91 Å². The quantitative estimate of drug-likeness (QED) is 0.191. The van der Waals surface area contributed by atoms with Crippen LogP contribution in [0.1, 0.15) is 42.5 Å². The summed E-state index contributed by atoms with van der Waals surface area (Å²) in [5.74, 6) is 0.484. The predicted molar refractivity (Wildman–Crippen MR) is 166 cm³/mol. The van der Waals surface area contributed by atoms with E-state index in [0.29, 0.717) is 41.7 Å². The molecule has 0 bridgehead atoms. The van der Waals surface area contributed by atoms with E-state index in [1.807, 2.05) is 31.4 Å². The molecule has 0 unspecified atom stereocenters. The zero-order valence-corrected chi connectivity index (χ0v) is 26.2. The lowest BCUT2D eigenvalue weighted by molar-refractivity contribution is 0.0634. The summed E-state index contributed by atoms with van der Waals surface area (Å²) in [6.45, 7) is 5.98. The van der Waals surface area contributed by atoms with Crippen LogP contribution in [0.25, 0.3) is 11.1 Å². The zero-order valence-electron chi connectivity index (χ0n) is 25.4. The fourth-order valence-electron chi connectivity index (χ4n) is 4.22. The molecule has 232 valence electrons. The highest BCUT2D eigenvalue weighted by atomic mass is 35.5. The minimum absolute atomic E-state index is 0.0755. The highest BCUT2D eigenvalue weighted by Gasteiger charge is 2.20. The number of hydrogen-bond acceptors (Lipinski definition) is 10. The maximum absolute atomic E-state index is 12.5. The summed E-state index contributed by atoms with van der Waals surface area (Å²) in [7, 11) is 4.91. The van der Waals surface area contributed by atoms with Gasteiger partial charge < -0.3 is 24.8 Å². The molecular weight excluding hydrogens is 588 g/mol. The first kappa shape index (κ1) is 32.2. The summed E-state index contributed by atoms with van der Waals surface area (Å²) >= 11 is 6.12. The lowest BCUT2D eigenvalue weighted by Gasteiger charge is -2.19. The Morgan fingerprint density at radius 3 is 2.57 bits per heavy atom. The molecule has 3 N–H and O–H groups in total. The molecular formula is C30H35ClN8O5. The topological polar surface area (TPSA) is 154 Å². The molecule has 3 aromatic heterocycles. The van der Waals surface area contributed by atoms with Crippen molar-refractivity contribution in [3.8, 4) is 16.9 Å². The number of pyridine rings is 1. The monoisotopic (exact) mass is 622 g/mol. The molecule has 0 saturated heterocycles. The highest BCUT2D eigenvalue weighted by Crippen LogP contribution is 2.40. The van der Waals surface area contributed by atoms with Crippen LogP contribution in [0.5, 0.6) is 5.75 Å². The van der Waals surface area contributed by atoms with Gasteiger partial charge in [0.1, 0.15) is 17.2 Å². The first-order valence-corrected chi connectivity index (χ1v) is 14.1. The van der Waals surface area contributed by atoms with Gasteiger partial charge in [0.15, 0.2) is 10.8 Å². The Kier molecular flexibility index (Phi) is 10.3. The number of nitrogens with zero attached hydrogens (tertiary/aromatic N) is 5. The highest BCUT2D eigenvalue weighted by molar-refractivity contribution is 6.29. The molecule has 0 saturated carbocycles. The number of nitrogens with one attached hydrogen (secondary N) is 3. The van der Waals surface area contributed by atoms with E-state index in [1.54, 1.807) is 50.9 Å². The predicted octanol–water partition coefficient (Wildman–Crippen LogP) is 5.14. The maximum atomic E-state index is 12.5. The number of aryl methyl sites for hydroxylation is 1. The van der Waals surface area contributed by atoms with Gasteiger partial charge in [-0.05, 0) is 57.0 Å². The Balaban J connectivity index is 1.53. The zero-order chi connectivity index (χ0) is 31.9. The number of carbonyl (C=O) groups excluding carboxylic acids is 2. The van der Waals surface area contributed by atoms with Crippen molar-refractivity contribution in [3.05, 3.63) is 70.9 Å². The van der Waals surface area contributed by atoms with Gasteiger partial charge in [0.05, 0.1) is 43.6 Å². The van der Waals surface area contributed by atoms with E-state index < -0.39 is 17.6 Å². The number of anilines is 3. The molecule has 0 aliphatic heterocycles. The van der Waals surface area contributed by atoms with E-state index in [0.717, 1.165) is 16.7 Å². The SMILES string of the molecule is CNC(=O)c1nnc(Cl)cc1Nc1cc(CCOCc2cccc(NC(=O)OC(C)(C)C)n2)cc(-c2cnn(C)c2)c1OC. The molecule has 14 heteroatoms. The van der Waals surface area contributed by atoms with E-state index in [2.05, 4.69) is 36.2 Å². The molecule has 0 aliphatic rings. The van der Waals surface area contributed by atoms with Gasteiger partial charge in [-0.1, -0.05) is 17.7 Å². The third-order valence-corrected chi connectivity index (χ3v) is 6.25. The third kappa shape index (κ3) is 8.64.